The maximum atomic E-state index is 12.5. The summed E-state index contributed by atoms with van der Waals surface area (Å²) in [5.41, 5.74) is 0.793. The van der Waals surface area contributed by atoms with E-state index >= 15 is 0 Å². The fourth-order valence-electron chi connectivity index (χ4n) is 3.96. The maximum absolute atomic E-state index is 12.5. The summed E-state index contributed by atoms with van der Waals surface area (Å²) in [7, 11) is 0. The highest BCUT2D eigenvalue weighted by atomic mass is 16.7. The van der Waals surface area contributed by atoms with Gasteiger partial charge in [0.2, 0.25) is 12.4 Å². The molecule has 1 N–H and O–H groups in total. The van der Waals surface area contributed by atoms with Crippen LogP contribution in [-0.4, -0.2) is 72.3 Å². The molecule has 0 saturated carbocycles. The van der Waals surface area contributed by atoms with E-state index in [1.165, 1.54) is 12.1 Å². The first-order valence-electron chi connectivity index (χ1n) is 12.5. The Morgan fingerprint density at radius 2 is 1.37 bits per heavy atom. The molecule has 0 spiro atoms. The monoisotopic (exact) mass is 574 g/mol. The average Bonchev–Trinajstić information content (AvgIpc) is 2.90. The fraction of sp³-hybridized carbons (Fsp3) is 0.393. The number of carbonyl (C=O) groups is 5. The summed E-state index contributed by atoms with van der Waals surface area (Å²) < 4.78 is 37.9. The maximum Gasteiger partial charge on any atom is 0.338 e. The minimum Gasteiger partial charge on any atom is -0.504 e. The Hall–Kier alpha value is -4.65. The Morgan fingerprint density at radius 1 is 0.756 bits per heavy atom. The Morgan fingerprint density at radius 3 is 1.95 bits per heavy atom. The molecule has 1 unspecified atom stereocenters. The van der Waals surface area contributed by atoms with Crippen LogP contribution in [0.2, 0.25) is 0 Å². The van der Waals surface area contributed by atoms with Gasteiger partial charge in [0, 0.05) is 27.7 Å². The molecule has 1 fully saturated rings. The van der Waals surface area contributed by atoms with Gasteiger partial charge in [-0.2, -0.15) is 0 Å². The number of hydrogen-bond acceptors (Lipinski definition) is 13. The van der Waals surface area contributed by atoms with Crippen molar-refractivity contribution in [3.63, 3.8) is 0 Å². The van der Waals surface area contributed by atoms with E-state index in [0.29, 0.717) is 0 Å². The van der Waals surface area contributed by atoms with Crippen LogP contribution in [0.4, 0.5) is 0 Å². The van der Waals surface area contributed by atoms with Gasteiger partial charge in [-0.15, -0.1) is 0 Å². The molecule has 2 aromatic rings. The molecule has 0 bridgehead atoms. The summed E-state index contributed by atoms with van der Waals surface area (Å²) in [4.78, 5) is 59.7. The number of benzene rings is 2. The van der Waals surface area contributed by atoms with E-state index in [4.69, 9.17) is 33.2 Å². The molecule has 1 aliphatic rings. The largest absolute Gasteiger partial charge is 0.504 e. The van der Waals surface area contributed by atoms with E-state index in [1.54, 1.807) is 24.3 Å². The van der Waals surface area contributed by atoms with Crippen LogP contribution in [0.3, 0.4) is 0 Å². The molecular formula is C28H30O13. The molecule has 1 aliphatic heterocycles. The van der Waals surface area contributed by atoms with Crippen LogP contribution in [0.15, 0.2) is 48.5 Å². The molecule has 0 amide bonds. The Kier molecular flexibility index (Phi) is 10.6. The van der Waals surface area contributed by atoms with Gasteiger partial charge in [0.25, 0.3) is 0 Å². The lowest BCUT2D eigenvalue weighted by Gasteiger charge is -2.43. The smallest absolute Gasteiger partial charge is 0.338 e. The number of hydrogen-bond donors (Lipinski definition) is 1. The van der Waals surface area contributed by atoms with Crippen LogP contribution >= 0.6 is 0 Å². The molecule has 2 aromatic carbocycles. The van der Waals surface area contributed by atoms with Crippen LogP contribution in [-0.2, 0) is 54.2 Å². The van der Waals surface area contributed by atoms with E-state index in [1.807, 2.05) is 6.07 Å². The zero-order chi connectivity index (χ0) is 30.1. The number of esters is 5. The third-order valence-corrected chi connectivity index (χ3v) is 5.60. The summed E-state index contributed by atoms with van der Waals surface area (Å²) in [6.07, 6.45) is -7.11. The molecule has 220 valence electrons. The predicted molar refractivity (Wildman–Crippen MR) is 136 cm³/mol. The van der Waals surface area contributed by atoms with Gasteiger partial charge in [0.05, 0.1) is 5.56 Å². The molecule has 41 heavy (non-hydrogen) atoms. The van der Waals surface area contributed by atoms with Crippen molar-refractivity contribution in [2.75, 3.05) is 6.61 Å². The van der Waals surface area contributed by atoms with Gasteiger partial charge < -0.3 is 38.3 Å². The van der Waals surface area contributed by atoms with Gasteiger partial charge >= 0.3 is 29.8 Å². The Balaban J connectivity index is 1.87. The second kappa shape index (κ2) is 14.1. The van der Waals surface area contributed by atoms with Crippen molar-refractivity contribution in [3.05, 3.63) is 59.7 Å². The van der Waals surface area contributed by atoms with Crippen LogP contribution in [0.25, 0.3) is 0 Å². The molecule has 0 aromatic heterocycles. The minimum absolute atomic E-state index is 0.0173. The Bertz CT molecular complexity index is 1260. The quantitative estimate of drug-likeness (QED) is 0.324. The standard InChI is InChI=1S/C28H30O13/c1-15(29)35-14-23-24(37-16(2)30)25(38-17(3)31)26(39-18(4)32)28(41-23)40-22-11-10-20(12-21(22)33)27(34)36-13-19-8-6-5-7-9-19/h5-12,23-26,28,33H,13-14H2,1-4H3/t23-,24+,25+,26?,28-/m1/s1. The van der Waals surface area contributed by atoms with Gasteiger partial charge in [0.1, 0.15) is 19.3 Å². The first-order chi connectivity index (χ1) is 19.4. The second-order valence-electron chi connectivity index (χ2n) is 8.93. The summed E-state index contributed by atoms with van der Waals surface area (Å²) in [5, 5.41) is 10.6. The second-order valence-corrected chi connectivity index (χ2v) is 8.93. The van der Waals surface area contributed by atoms with E-state index in [9.17, 15) is 29.1 Å². The summed E-state index contributed by atoms with van der Waals surface area (Å²) in [6, 6.07) is 12.7. The van der Waals surface area contributed by atoms with Crippen LogP contribution in [0, 0.1) is 0 Å². The lowest BCUT2D eigenvalue weighted by atomic mass is 9.98. The third-order valence-electron chi connectivity index (χ3n) is 5.60. The van der Waals surface area contributed by atoms with Crippen molar-refractivity contribution in [1.82, 2.24) is 0 Å². The number of rotatable bonds is 10. The van der Waals surface area contributed by atoms with Crippen molar-refractivity contribution in [3.8, 4) is 11.5 Å². The fourth-order valence-corrected chi connectivity index (χ4v) is 3.96. The molecule has 1 heterocycles. The number of ether oxygens (including phenoxy) is 7. The molecule has 0 aliphatic carbocycles. The van der Waals surface area contributed by atoms with Gasteiger partial charge in [-0.3, -0.25) is 19.2 Å². The number of aromatic hydroxyl groups is 1. The highest BCUT2D eigenvalue weighted by Crippen LogP contribution is 2.34. The van der Waals surface area contributed by atoms with Gasteiger partial charge in [-0.25, -0.2) is 4.79 Å². The van der Waals surface area contributed by atoms with Gasteiger partial charge in [0.15, 0.2) is 23.7 Å². The average molecular weight is 575 g/mol. The predicted octanol–water partition coefficient (Wildman–Crippen LogP) is 2.21. The molecule has 13 heteroatoms. The minimum atomic E-state index is -1.56. The molecule has 0 radical (unpaired) electrons. The SMILES string of the molecule is CC(=O)OC[C@H]1O[C@@H](Oc2ccc(C(=O)OCc3ccccc3)cc2O)C(OC(C)=O)[C@@H](OC(C)=O)[C@H]1OC(C)=O. The first kappa shape index (κ1) is 30.9. The zero-order valence-electron chi connectivity index (χ0n) is 22.8. The normalized spacial score (nSPS) is 21.6. The summed E-state index contributed by atoms with van der Waals surface area (Å²) in [5.74, 6) is -4.48. The summed E-state index contributed by atoms with van der Waals surface area (Å²) in [6.45, 7) is 3.98. The van der Waals surface area contributed by atoms with E-state index in [2.05, 4.69) is 0 Å². The van der Waals surface area contributed by atoms with Crippen molar-refractivity contribution in [2.45, 2.75) is 65.0 Å². The van der Waals surface area contributed by atoms with Crippen molar-refractivity contribution < 1.29 is 62.2 Å². The first-order valence-corrected chi connectivity index (χ1v) is 12.5. The third kappa shape index (κ3) is 8.93. The van der Waals surface area contributed by atoms with Crippen LogP contribution in [0.1, 0.15) is 43.6 Å². The molecule has 3 rings (SSSR count). The van der Waals surface area contributed by atoms with E-state index in [0.717, 1.165) is 39.3 Å². The van der Waals surface area contributed by atoms with Crippen molar-refractivity contribution in [1.29, 1.82) is 0 Å². The van der Waals surface area contributed by atoms with Crippen LogP contribution in [0.5, 0.6) is 11.5 Å². The van der Waals surface area contributed by atoms with E-state index in [-0.39, 0.29) is 17.9 Å². The number of phenols is 1. The van der Waals surface area contributed by atoms with Crippen molar-refractivity contribution >= 4 is 29.8 Å². The van der Waals surface area contributed by atoms with Gasteiger partial charge in [-0.05, 0) is 23.8 Å². The lowest BCUT2D eigenvalue weighted by Crippen LogP contribution is -2.63. The number of carbonyl (C=O) groups excluding carboxylic acids is 5. The molecule has 13 nitrogen and oxygen atoms in total. The zero-order valence-corrected chi connectivity index (χ0v) is 22.8. The summed E-state index contributed by atoms with van der Waals surface area (Å²) >= 11 is 0. The molecule has 1 saturated heterocycles. The van der Waals surface area contributed by atoms with Gasteiger partial charge in [-0.1, -0.05) is 30.3 Å². The highest BCUT2D eigenvalue weighted by molar-refractivity contribution is 5.90. The van der Waals surface area contributed by atoms with E-state index < -0.39 is 72.9 Å². The topological polar surface area (TPSA) is 170 Å². The molecular weight excluding hydrogens is 544 g/mol. The lowest BCUT2D eigenvalue weighted by molar-refractivity contribution is -0.288. The van der Waals surface area contributed by atoms with Crippen LogP contribution < -0.4 is 4.74 Å². The highest BCUT2D eigenvalue weighted by Gasteiger charge is 2.53. The van der Waals surface area contributed by atoms with Crippen molar-refractivity contribution in [2.24, 2.45) is 0 Å². The Labute approximate surface area is 235 Å². The molecule has 5 atom stereocenters. The number of phenolic OH excluding ortho intramolecular Hbond substituents is 1.